The van der Waals surface area contributed by atoms with Crippen molar-refractivity contribution < 1.29 is 23.8 Å². The fraction of sp³-hybridized carbons (Fsp3) is 0.417. The van der Waals surface area contributed by atoms with Gasteiger partial charge in [-0.1, -0.05) is 31.4 Å². The van der Waals surface area contributed by atoms with Crippen LogP contribution in [0.15, 0.2) is 42.5 Å². The third-order valence-electron chi connectivity index (χ3n) is 5.81. The molecule has 0 aromatic heterocycles. The van der Waals surface area contributed by atoms with Crippen LogP contribution in [0.25, 0.3) is 0 Å². The molecule has 0 unspecified atom stereocenters. The van der Waals surface area contributed by atoms with Gasteiger partial charge in [0.05, 0.1) is 19.6 Å². The molecule has 30 heavy (non-hydrogen) atoms. The highest BCUT2D eigenvalue weighted by atomic mass is 16.6. The second-order valence-corrected chi connectivity index (χ2v) is 7.67. The first kappa shape index (κ1) is 21.7. The molecule has 1 amide bonds. The number of methoxy groups -OCH3 is 2. The summed E-state index contributed by atoms with van der Waals surface area (Å²) in [5, 5.41) is 3.13. The minimum absolute atomic E-state index is 0.0127. The molecule has 1 N–H and O–H groups in total. The molecular weight excluding hydrogens is 382 g/mol. The molecule has 160 valence electrons. The summed E-state index contributed by atoms with van der Waals surface area (Å²) in [6.45, 7) is 1.75. The SMILES string of the molecule is COC(=O)COc1ccc(NC(=O)C2(c3ccc(OC)cc3)CCCCC2)c(C)c1. The quantitative estimate of drug-likeness (QED) is 0.684. The Morgan fingerprint density at radius 3 is 2.23 bits per heavy atom. The molecule has 1 fully saturated rings. The highest BCUT2D eigenvalue weighted by Gasteiger charge is 2.41. The summed E-state index contributed by atoms with van der Waals surface area (Å²) < 4.78 is 15.3. The Balaban J connectivity index is 1.79. The van der Waals surface area contributed by atoms with Crippen LogP contribution < -0.4 is 14.8 Å². The van der Waals surface area contributed by atoms with Gasteiger partial charge in [-0.15, -0.1) is 0 Å². The highest BCUT2D eigenvalue weighted by molar-refractivity contribution is 5.99. The Morgan fingerprint density at radius 2 is 1.63 bits per heavy atom. The lowest BCUT2D eigenvalue weighted by Gasteiger charge is -2.36. The van der Waals surface area contributed by atoms with Gasteiger partial charge < -0.3 is 19.5 Å². The Bertz CT molecular complexity index is 885. The number of carbonyl (C=O) groups excluding carboxylic acids is 2. The number of nitrogens with one attached hydrogen (secondary N) is 1. The predicted octanol–water partition coefficient (Wildman–Crippen LogP) is 4.40. The first-order chi connectivity index (χ1) is 14.5. The number of anilines is 1. The third-order valence-corrected chi connectivity index (χ3v) is 5.81. The van der Waals surface area contributed by atoms with Gasteiger partial charge in [0, 0.05) is 5.69 Å². The van der Waals surface area contributed by atoms with Crippen molar-refractivity contribution in [2.75, 3.05) is 26.1 Å². The van der Waals surface area contributed by atoms with Gasteiger partial charge in [-0.2, -0.15) is 0 Å². The van der Waals surface area contributed by atoms with Gasteiger partial charge in [-0.25, -0.2) is 4.79 Å². The van der Waals surface area contributed by atoms with E-state index in [1.165, 1.54) is 7.11 Å². The number of hydrogen-bond donors (Lipinski definition) is 1. The van der Waals surface area contributed by atoms with Crippen LogP contribution in [0.3, 0.4) is 0 Å². The van der Waals surface area contributed by atoms with E-state index >= 15 is 0 Å². The lowest BCUT2D eigenvalue weighted by Crippen LogP contribution is -2.42. The fourth-order valence-corrected chi connectivity index (χ4v) is 4.02. The summed E-state index contributed by atoms with van der Waals surface area (Å²) in [6, 6.07) is 13.2. The Hall–Kier alpha value is -3.02. The minimum atomic E-state index is -0.545. The van der Waals surface area contributed by atoms with Gasteiger partial charge >= 0.3 is 5.97 Å². The summed E-state index contributed by atoms with van der Waals surface area (Å²) in [4.78, 5) is 24.8. The lowest BCUT2D eigenvalue weighted by atomic mass is 9.68. The minimum Gasteiger partial charge on any atom is -0.497 e. The van der Waals surface area contributed by atoms with Crippen LogP contribution >= 0.6 is 0 Å². The van der Waals surface area contributed by atoms with Crippen molar-refractivity contribution >= 4 is 17.6 Å². The molecule has 1 saturated carbocycles. The molecule has 0 radical (unpaired) electrons. The zero-order chi connectivity index (χ0) is 21.6. The van der Waals surface area contributed by atoms with Crippen LogP contribution in [-0.4, -0.2) is 32.7 Å². The van der Waals surface area contributed by atoms with E-state index in [2.05, 4.69) is 10.1 Å². The van der Waals surface area contributed by atoms with E-state index in [-0.39, 0.29) is 12.5 Å². The van der Waals surface area contributed by atoms with Crippen LogP contribution in [0, 0.1) is 6.92 Å². The second kappa shape index (κ2) is 9.65. The summed E-state index contributed by atoms with van der Waals surface area (Å²) in [6.07, 6.45) is 4.85. The van der Waals surface area contributed by atoms with Crippen molar-refractivity contribution in [2.24, 2.45) is 0 Å². The summed E-state index contributed by atoms with van der Waals surface area (Å²) in [5.74, 6) is 0.907. The van der Waals surface area contributed by atoms with Gasteiger partial charge in [0.25, 0.3) is 0 Å². The Morgan fingerprint density at radius 1 is 0.967 bits per heavy atom. The Kier molecular flexibility index (Phi) is 6.98. The van der Waals surface area contributed by atoms with Crippen molar-refractivity contribution in [1.29, 1.82) is 0 Å². The van der Waals surface area contributed by atoms with E-state index in [4.69, 9.17) is 9.47 Å². The molecule has 6 heteroatoms. The molecule has 0 atom stereocenters. The van der Waals surface area contributed by atoms with Crippen molar-refractivity contribution in [3.63, 3.8) is 0 Å². The van der Waals surface area contributed by atoms with Crippen molar-refractivity contribution in [3.8, 4) is 11.5 Å². The molecule has 0 aliphatic heterocycles. The molecule has 0 spiro atoms. The third kappa shape index (κ3) is 4.75. The first-order valence-corrected chi connectivity index (χ1v) is 10.2. The maximum Gasteiger partial charge on any atom is 0.343 e. The van der Waals surface area contributed by atoms with Crippen LogP contribution in [0.4, 0.5) is 5.69 Å². The molecule has 0 heterocycles. The smallest absolute Gasteiger partial charge is 0.343 e. The van der Waals surface area contributed by atoms with Gasteiger partial charge in [0.1, 0.15) is 11.5 Å². The maximum absolute atomic E-state index is 13.5. The molecule has 2 aromatic carbocycles. The summed E-state index contributed by atoms with van der Waals surface area (Å²) >= 11 is 0. The van der Waals surface area contributed by atoms with Gasteiger partial charge in [0.2, 0.25) is 5.91 Å². The molecule has 6 nitrogen and oxygen atoms in total. The topological polar surface area (TPSA) is 73.9 Å². The molecule has 0 saturated heterocycles. The highest BCUT2D eigenvalue weighted by Crippen LogP contribution is 2.41. The zero-order valence-corrected chi connectivity index (χ0v) is 17.8. The second-order valence-electron chi connectivity index (χ2n) is 7.67. The number of carbonyl (C=O) groups is 2. The van der Waals surface area contributed by atoms with Crippen LogP contribution in [-0.2, 0) is 19.7 Å². The maximum atomic E-state index is 13.5. The Labute approximate surface area is 177 Å². The zero-order valence-electron chi connectivity index (χ0n) is 17.8. The van der Waals surface area contributed by atoms with Crippen LogP contribution in [0.2, 0.25) is 0 Å². The summed E-state index contributed by atoms with van der Waals surface area (Å²) in [7, 11) is 2.96. The lowest BCUT2D eigenvalue weighted by molar-refractivity contribution is -0.142. The van der Waals surface area contributed by atoms with E-state index in [0.717, 1.165) is 54.7 Å². The average molecular weight is 411 g/mol. The number of esters is 1. The largest absolute Gasteiger partial charge is 0.497 e. The number of hydrogen-bond acceptors (Lipinski definition) is 5. The van der Waals surface area contributed by atoms with Crippen molar-refractivity contribution in [3.05, 3.63) is 53.6 Å². The molecule has 0 bridgehead atoms. The van der Waals surface area contributed by atoms with Crippen LogP contribution in [0.1, 0.15) is 43.2 Å². The normalized spacial score (nSPS) is 15.2. The number of ether oxygens (including phenoxy) is 3. The van der Waals surface area contributed by atoms with Gasteiger partial charge in [-0.05, 0) is 61.2 Å². The number of rotatable bonds is 7. The number of benzene rings is 2. The standard InChI is InChI=1S/C24H29NO5/c1-17-15-20(30-16-22(26)29-3)11-12-21(17)25-23(27)24(13-5-4-6-14-24)18-7-9-19(28-2)10-8-18/h7-12,15H,4-6,13-14,16H2,1-3H3,(H,25,27). The average Bonchev–Trinajstić information content (AvgIpc) is 2.79. The van der Waals surface area contributed by atoms with Crippen LogP contribution in [0.5, 0.6) is 11.5 Å². The number of aryl methyl sites for hydroxylation is 1. The van der Waals surface area contributed by atoms with E-state index in [1.807, 2.05) is 37.3 Å². The first-order valence-electron chi connectivity index (χ1n) is 10.2. The monoisotopic (exact) mass is 411 g/mol. The fourth-order valence-electron chi connectivity index (χ4n) is 4.02. The molecule has 1 aliphatic carbocycles. The van der Waals surface area contributed by atoms with E-state index in [1.54, 1.807) is 19.2 Å². The molecular formula is C24H29NO5. The van der Waals surface area contributed by atoms with Gasteiger partial charge in [-0.3, -0.25) is 4.79 Å². The van der Waals surface area contributed by atoms with E-state index < -0.39 is 11.4 Å². The van der Waals surface area contributed by atoms with Gasteiger partial charge in [0.15, 0.2) is 6.61 Å². The number of amides is 1. The van der Waals surface area contributed by atoms with E-state index in [9.17, 15) is 9.59 Å². The van der Waals surface area contributed by atoms with Crippen molar-refractivity contribution in [1.82, 2.24) is 0 Å². The van der Waals surface area contributed by atoms with Crippen molar-refractivity contribution in [2.45, 2.75) is 44.4 Å². The molecule has 3 rings (SSSR count). The predicted molar refractivity (Wildman–Crippen MR) is 115 cm³/mol. The molecule has 1 aliphatic rings. The molecule has 2 aromatic rings. The van der Waals surface area contributed by atoms with E-state index in [0.29, 0.717) is 5.75 Å². The summed E-state index contributed by atoms with van der Waals surface area (Å²) in [5.41, 5.74) is 2.09.